The Labute approximate surface area is 308 Å². The Morgan fingerprint density at radius 3 is 1.48 bits per heavy atom. The van der Waals surface area contributed by atoms with Crippen LogP contribution in [0.1, 0.15) is 0 Å². The minimum Gasteiger partial charge on any atom is -0.236 e. The summed E-state index contributed by atoms with van der Waals surface area (Å²) in [6.45, 7) is 0. The van der Waals surface area contributed by atoms with Gasteiger partial charge >= 0.3 is 0 Å². The second-order valence-corrected chi connectivity index (χ2v) is 14.8. The minimum absolute atomic E-state index is 0.637. The fraction of sp³-hybridized carbons (Fsp3) is 0. The molecular formula is C46H28N4S2. The van der Waals surface area contributed by atoms with Gasteiger partial charge in [-0.3, -0.25) is 0 Å². The highest BCUT2D eigenvalue weighted by Gasteiger charge is 2.18. The van der Waals surface area contributed by atoms with E-state index in [2.05, 4.69) is 152 Å². The Bertz CT molecular complexity index is 2740. The molecule has 0 aliphatic heterocycles. The number of thiazole rings is 1. The van der Waals surface area contributed by atoms with Crippen molar-refractivity contribution in [1.82, 2.24) is 19.9 Å². The number of hydrogen-bond donors (Lipinski definition) is 0. The number of thiophene rings is 1. The maximum atomic E-state index is 5.19. The van der Waals surface area contributed by atoms with Crippen LogP contribution in [-0.4, -0.2) is 19.9 Å². The molecule has 4 nitrogen and oxygen atoms in total. The predicted molar refractivity (Wildman–Crippen MR) is 219 cm³/mol. The van der Waals surface area contributed by atoms with Crippen molar-refractivity contribution in [3.63, 3.8) is 0 Å². The lowest BCUT2D eigenvalue weighted by Gasteiger charge is -2.11. The summed E-state index contributed by atoms with van der Waals surface area (Å²) in [5.74, 6) is 1.92. The van der Waals surface area contributed by atoms with Gasteiger partial charge in [0.15, 0.2) is 17.5 Å². The van der Waals surface area contributed by atoms with Crippen molar-refractivity contribution in [3.8, 4) is 67.0 Å². The molecule has 52 heavy (non-hydrogen) atoms. The third-order valence-corrected chi connectivity index (χ3v) is 11.6. The standard InChI is InChI=1S/C46H28N4S2/c1-3-10-29(11-4-1)31-18-22-33(23-19-31)43-48-44(34-24-20-32(21-25-34)30-12-5-2-6-13-30)50-45(49-43)36-14-9-17-41-42(36)37-28-35(26-27-39(37)51-41)46-47-38-15-7-8-16-40(38)52-46/h1-28H. The number of rotatable bonds is 6. The molecule has 7 aromatic carbocycles. The van der Waals surface area contributed by atoms with Crippen LogP contribution in [0.2, 0.25) is 0 Å². The molecule has 10 aromatic rings. The highest BCUT2D eigenvalue weighted by molar-refractivity contribution is 7.26. The van der Waals surface area contributed by atoms with E-state index in [1.165, 1.54) is 30.6 Å². The van der Waals surface area contributed by atoms with Gasteiger partial charge in [-0.1, -0.05) is 140 Å². The van der Waals surface area contributed by atoms with Gasteiger partial charge in [0.25, 0.3) is 0 Å². The van der Waals surface area contributed by atoms with E-state index in [4.69, 9.17) is 19.9 Å². The van der Waals surface area contributed by atoms with Crippen LogP contribution in [0.5, 0.6) is 0 Å². The Hall–Kier alpha value is -6.34. The second-order valence-electron chi connectivity index (χ2n) is 12.7. The van der Waals surface area contributed by atoms with Crippen LogP contribution < -0.4 is 0 Å². The van der Waals surface area contributed by atoms with E-state index in [0.29, 0.717) is 17.5 Å². The maximum Gasteiger partial charge on any atom is 0.164 e. The molecule has 0 aliphatic carbocycles. The molecule has 0 unspecified atom stereocenters. The molecule has 0 atom stereocenters. The van der Waals surface area contributed by atoms with Gasteiger partial charge in [0, 0.05) is 42.4 Å². The molecule has 0 saturated heterocycles. The van der Waals surface area contributed by atoms with Crippen LogP contribution in [0, 0.1) is 0 Å². The lowest BCUT2D eigenvalue weighted by atomic mass is 10.0. The van der Waals surface area contributed by atoms with Crippen LogP contribution >= 0.6 is 22.7 Å². The molecule has 0 saturated carbocycles. The van der Waals surface area contributed by atoms with Crippen molar-refractivity contribution in [2.45, 2.75) is 0 Å². The first-order chi connectivity index (χ1) is 25.7. The molecule has 244 valence electrons. The van der Waals surface area contributed by atoms with Crippen LogP contribution in [0.15, 0.2) is 170 Å². The molecule has 0 bridgehead atoms. The van der Waals surface area contributed by atoms with Gasteiger partial charge in [-0.25, -0.2) is 19.9 Å². The van der Waals surface area contributed by atoms with Crippen LogP contribution in [0.25, 0.3) is 97.4 Å². The quantitative estimate of drug-likeness (QED) is 0.173. The van der Waals surface area contributed by atoms with E-state index in [9.17, 15) is 0 Å². The van der Waals surface area contributed by atoms with Gasteiger partial charge in [0.1, 0.15) is 5.01 Å². The zero-order chi connectivity index (χ0) is 34.4. The molecule has 10 rings (SSSR count). The molecule has 6 heteroatoms. The SMILES string of the molecule is c1ccc(-c2ccc(-c3nc(-c4ccc(-c5ccccc5)cc4)nc(-c4cccc5sc6ccc(-c7nc8ccccc8s7)cc6c45)n3)cc2)cc1. The number of hydrogen-bond acceptors (Lipinski definition) is 6. The van der Waals surface area contributed by atoms with Crippen LogP contribution in [-0.2, 0) is 0 Å². The third-order valence-electron chi connectivity index (χ3n) is 9.41. The Balaban J connectivity index is 1.13. The fourth-order valence-electron chi connectivity index (χ4n) is 6.78. The van der Waals surface area contributed by atoms with E-state index in [1.54, 1.807) is 22.7 Å². The molecule has 0 N–H and O–H groups in total. The summed E-state index contributed by atoms with van der Waals surface area (Å²) in [7, 11) is 0. The zero-order valence-corrected chi connectivity index (χ0v) is 29.4. The highest BCUT2D eigenvalue weighted by atomic mass is 32.1. The molecule has 0 aliphatic rings. The number of aromatic nitrogens is 4. The van der Waals surface area contributed by atoms with E-state index in [1.807, 2.05) is 18.2 Å². The highest BCUT2D eigenvalue weighted by Crippen LogP contribution is 2.42. The Kier molecular flexibility index (Phi) is 7.48. The molecule has 0 radical (unpaired) electrons. The van der Waals surface area contributed by atoms with E-state index >= 15 is 0 Å². The number of nitrogens with zero attached hydrogens (tertiary/aromatic N) is 4. The average Bonchev–Trinajstić information content (AvgIpc) is 3.83. The number of fused-ring (bicyclic) bond motifs is 4. The summed E-state index contributed by atoms with van der Waals surface area (Å²) in [6.07, 6.45) is 0. The van der Waals surface area contributed by atoms with Crippen LogP contribution in [0.4, 0.5) is 0 Å². The summed E-state index contributed by atoms with van der Waals surface area (Å²) >= 11 is 3.52. The van der Waals surface area contributed by atoms with Gasteiger partial charge in [-0.15, -0.1) is 22.7 Å². The zero-order valence-electron chi connectivity index (χ0n) is 27.8. The van der Waals surface area contributed by atoms with E-state index in [-0.39, 0.29) is 0 Å². The van der Waals surface area contributed by atoms with Gasteiger partial charge < -0.3 is 0 Å². The largest absolute Gasteiger partial charge is 0.236 e. The molecule has 0 fully saturated rings. The normalized spacial score (nSPS) is 11.5. The summed E-state index contributed by atoms with van der Waals surface area (Å²) in [5.41, 5.74) is 9.63. The lowest BCUT2D eigenvalue weighted by Crippen LogP contribution is -2.00. The van der Waals surface area contributed by atoms with Crippen LogP contribution in [0.3, 0.4) is 0 Å². The van der Waals surface area contributed by atoms with Gasteiger partial charge in [0.2, 0.25) is 0 Å². The number of para-hydroxylation sites is 1. The molecular weight excluding hydrogens is 673 g/mol. The molecule has 3 aromatic heterocycles. The van der Waals surface area contributed by atoms with Crippen molar-refractivity contribution in [2.24, 2.45) is 0 Å². The lowest BCUT2D eigenvalue weighted by molar-refractivity contribution is 1.08. The minimum atomic E-state index is 0.637. The van der Waals surface area contributed by atoms with Crippen molar-refractivity contribution >= 4 is 53.1 Å². The van der Waals surface area contributed by atoms with Crippen molar-refractivity contribution in [1.29, 1.82) is 0 Å². The van der Waals surface area contributed by atoms with Crippen molar-refractivity contribution < 1.29 is 0 Å². The van der Waals surface area contributed by atoms with E-state index in [0.717, 1.165) is 49.3 Å². The van der Waals surface area contributed by atoms with Crippen molar-refractivity contribution in [3.05, 3.63) is 170 Å². The summed E-state index contributed by atoms with van der Waals surface area (Å²) in [6, 6.07) is 59.2. The Morgan fingerprint density at radius 1 is 0.327 bits per heavy atom. The summed E-state index contributed by atoms with van der Waals surface area (Å²) < 4.78 is 3.60. The first-order valence-electron chi connectivity index (χ1n) is 17.1. The number of benzene rings is 7. The summed E-state index contributed by atoms with van der Waals surface area (Å²) in [5, 5.41) is 3.34. The molecule has 0 spiro atoms. The predicted octanol–water partition coefficient (Wildman–Crippen LogP) is 12.9. The molecule has 3 heterocycles. The van der Waals surface area contributed by atoms with Gasteiger partial charge in [-0.2, -0.15) is 0 Å². The maximum absolute atomic E-state index is 5.19. The topological polar surface area (TPSA) is 51.6 Å². The van der Waals surface area contributed by atoms with Gasteiger partial charge in [0.05, 0.1) is 10.2 Å². The van der Waals surface area contributed by atoms with Crippen molar-refractivity contribution in [2.75, 3.05) is 0 Å². The third kappa shape index (κ3) is 5.55. The Morgan fingerprint density at radius 2 is 0.846 bits per heavy atom. The van der Waals surface area contributed by atoms with Gasteiger partial charge in [-0.05, 0) is 52.6 Å². The first kappa shape index (κ1) is 30.5. The summed E-state index contributed by atoms with van der Waals surface area (Å²) in [4.78, 5) is 20.4. The average molecular weight is 701 g/mol. The monoisotopic (exact) mass is 700 g/mol. The van der Waals surface area contributed by atoms with E-state index < -0.39 is 0 Å². The first-order valence-corrected chi connectivity index (χ1v) is 18.8. The smallest absolute Gasteiger partial charge is 0.164 e. The second kappa shape index (κ2) is 12.8. The molecule has 0 amide bonds. The fourth-order valence-corrected chi connectivity index (χ4v) is 8.86.